The minimum absolute atomic E-state index is 0.0469. The van der Waals surface area contributed by atoms with Gasteiger partial charge in [0.05, 0.1) is 5.41 Å². The highest BCUT2D eigenvalue weighted by Crippen LogP contribution is 2.29. The minimum Gasteiger partial charge on any atom is -0.384 e. The largest absolute Gasteiger partial charge is 0.384 e. The molecule has 0 saturated carbocycles. The van der Waals surface area contributed by atoms with Crippen LogP contribution in [0.1, 0.15) is 49.3 Å². The summed E-state index contributed by atoms with van der Waals surface area (Å²) in [5, 5.41) is 13.2. The highest BCUT2D eigenvalue weighted by atomic mass is 16.2. The third kappa shape index (κ3) is 9.38. The summed E-state index contributed by atoms with van der Waals surface area (Å²) in [7, 11) is 0. The summed E-state index contributed by atoms with van der Waals surface area (Å²) < 4.78 is 0. The first-order chi connectivity index (χ1) is 19.0. The number of nitrogens with two attached hydrogens (primary N) is 5. The van der Waals surface area contributed by atoms with Gasteiger partial charge in [-0.3, -0.25) is 24.8 Å². The van der Waals surface area contributed by atoms with E-state index in [1.807, 2.05) is 49.4 Å². The van der Waals surface area contributed by atoms with E-state index in [1.54, 1.807) is 12.1 Å². The van der Waals surface area contributed by atoms with Crippen molar-refractivity contribution in [1.29, 1.82) is 5.41 Å². The van der Waals surface area contributed by atoms with Crippen LogP contribution in [0.5, 0.6) is 0 Å². The van der Waals surface area contributed by atoms with Crippen molar-refractivity contribution in [2.75, 3.05) is 13.1 Å². The van der Waals surface area contributed by atoms with Gasteiger partial charge in [-0.05, 0) is 56.7 Å². The first-order valence-corrected chi connectivity index (χ1v) is 13.1. The molecule has 3 atom stereocenters. The molecule has 12 nitrogen and oxygen atoms in total. The number of amides is 3. The van der Waals surface area contributed by atoms with Crippen molar-refractivity contribution in [2.24, 2.45) is 33.7 Å². The van der Waals surface area contributed by atoms with E-state index < -0.39 is 29.3 Å². The zero-order valence-electron chi connectivity index (χ0n) is 22.9. The number of nitrogens with zero attached hydrogens (tertiary/aromatic N) is 1. The first-order valence-electron chi connectivity index (χ1n) is 13.1. The molecule has 0 aliphatic rings. The number of carbonyl (C=O) groups excluding carboxylic acids is 3. The van der Waals surface area contributed by atoms with Crippen LogP contribution in [0.2, 0.25) is 0 Å². The van der Waals surface area contributed by atoms with E-state index in [1.165, 1.54) is 0 Å². The van der Waals surface area contributed by atoms with Crippen LogP contribution in [0.15, 0.2) is 59.6 Å². The van der Waals surface area contributed by atoms with Crippen molar-refractivity contribution in [3.63, 3.8) is 0 Å². The van der Waals surface area contributed by atoms with Crippen molar-refractivity contribution in [3.8, 4) is 0 Å². The van der Waals surface area contributed by atoms with E-state index in [-0.39, 0.29) is 37.1 Å². The highest BCUT2D eigenvalue weighted by Gasteiger charge is 2.38. The molecule has 216 valence electrons. The monoisotopic (exact) mass is 551 g/mol. The molecule has 2 aromatic carbocycles. The SMILES string of the molecule is C[C@](Cc1ccc(C(=N)N)cc1)(C(=O)N[C@@H](CCCN)C(=O)N[C@@H](CCCN=C(N)N)C(N)=O)c1ccccc1. The Kier molecular flexibility index (Phi) is 12.1. The van der Waals surface area contributed by atoms with Crippen LogP contribution in [0, 0.1) is 5.41 Å². The molecule has 2 aromatic rings. The van der Waals surface area contributed by atoms with Crippen molar-refractivity contribution in [3.05, 3.63) is 71.3 Å². The van der Waals surface area contributed by atoms with Gasteiger partial charge in [0, 0.05) is 12.1 Å². The van der Waals surface area contributed by atoms with Gasteiger partial charge in [-0.1, -0.05) is 54.6 Å². The van der Waals surface area contributed by atoms with Gasteiger partial charge < -0.3 is 39.3 Å². The number of hydrogen-bond acceptors (Lipinski definition) is 6. The number of carbonyl (C=O) groups is 3. The quantitative estimate of drug-likeness (QED) is 0.0787. The lowest BCUT2D eigenvalue weighted by atomic mass is 9.76. The van der Waals surface area contributed by atoms with Crippen LogP contribution >= 0.6 is 0 Å². The third-order valence-electron chi connectivity index (χ3n) is 6.66. The van der Waals surface area contributed by atoms with E-state index in [9.17, 15) is 14.4 Å². The predicted molar refractivity (Wildman–Crippen MR) is 156 cm³/mol. The number of hydrogen-bond donors (Lipinski definition) is 8. The molecule has 0 aliphatic heterocycles. The summed E-state index contributed by atoms with van der Waals surface area (Å²) in [5.74, 6) is -1.72. The molecule has 0 aromatic heterocycles. The number of nitrogen functional groups attached to an aromatic ring is 1. The zero-order valence-corrected chi connectivity index (χ0v) is 22.9. The molecule has 40 heavy (non-hydrogen) atoms. The van der Waals surface area contributed by atoms with E-state index in [0.717, 1.165) is 11.1 Å². The molecule has 13 N–H and O–H groups in total. The van der Waals surface area contributed by atoms with Crippen LogP contribution in [0.3, 0.4) is 0 Å². The molecule has 12 heteroatoms. The molecule has 0 bridgehead atoms. The summed E-state index contributed by atoms with van der Waals surface area (Å²) in [6.45, 7) is 2.40. The molecule has 0 radical (unpaired) electrons. The zero-order chi connectivity index (χ0) is 29.7. The number of amidine groups is 1. The molecule has 0 spiro atoms. The van der Waals surface area contributed by atoms with E-state index in [2.05, 4.69) is 15.6 Å². The van der Waals surface area contributed by atoms with Crippen molar-refractivity contribution >= 4 is 29.5 Å². The number of primary amides is 1. The van der Waals surface area contributed by atoms with Crippen molar-refractivity contribution < 1.29 is 14.4 Å². The average molecular weight is 552 g/mol. The maximum Gasteiger partial charge on any atom is 0.243 e. The van der Waals surface area contributed by atoms with Crippen molar-refractivity contribution in [2.45, 2.75) is 56.5 Å². The number of aliphatic imine (C=N–C) groups is 1. The predicted octanol–water partition coefficient (Wildman–Crippen LogP) is -0.282. The Morgan fingerprint density at radius 2 is 1.52 bits per heavy atom. The summed E-state index contributed by atoms with van der Waals surface area (Å²) in [6.07, 6.45) is 1.71. The third-order valence-corrected chi connectivity index (χ3v) is 6.66. The molecule has 0 saturated heterocycles. The summed E-state index contributed by atoms with van der Waals surface area (Å²) in [6, 6.07) is 14.5. The maximum atomic E-state index is 13.9. The molecule has 0 heterocycles. The second-order valence-corrected chi connectivity index (χ2v) is 9.85. The Morgan fingerprint density at radius 3 is 2.08 bits per heavy atom. The Labute approximate surface area is 234 Å². The smallest absolute Gasteiger partial charge is 0.243 e. The molecule has 0 fully saturated rings. The second-order valence-electron chi connectivity index (χ2n) is 9.85. The first kappa shape index (κ1) is 31.8. The molecule has 2 rings (SSSR count). The van der Waals surface area contributed by atoms with Crippen LogP contribution in [0.4, 0.5) is 0 Å². The van der Waals surface area contributed by atoms with Gasteiger partial charge in [0.15, 0.2) is 5.96 Å². The average Bonchev–Trinajstić information content (AvgIpc) is 2.92. The number of guanidine groups is 1. The van der Waals surface area contributed by atoms with Gasteiger partial charge in [0.1, 0.15) is 17.9 Å². The Morgan fingerprint density at radius 1 is 0.900 bits per heavy atom. The van der Waals surface area contributed by atoms with Gasteiger partial charge in [0.25, 0.3) is 0 Å². The molecular formula is C28H41N9O3. The molecule has 3 amide bonds. The molecule has 0 unspecified atom stereocenters. The lowest BCUT2D eigenvalue weighted by Crippen LogP contribution is -2.56. The van der Waals surface area contributed by atoms with Gasteiger partial charge in [0.2, 0.25) is 17.7 Å². The molecular weight excluding hydrogens is 510 g/mol. The summed E-state index contributed by atoms with van der Waals surface area (Å²) in [5.41, 5.74) is 28.6. The summed E-state index contributed by atoms with van der Waals surface area (Å²) >= 11 is 0. The Balaban J connectivity index is 2.28. The fourth-order valence-corrected chi connectivity index (χ4v) is 4.30. The van der Waals surface area contributed by atoms with Crippen LogP contribution in [0.25, 0.3) is 0 Å². The summed E-state index contributed by atoms with van der Waals surface area (Å²) in [4.78, 5) is 43.1. The van der Waals surface area contributed by atoms with Gasteiger partial charge in [-0.25, -0.2) is 0 Å². The van der Waals surface area contributed by atoms with Crippen molar-refractivity contribution in [1.82, 2.24) is 10.6 Å². The second kappa shape index (κ2) is 15.2. The van der Waals surface area contributed by atoms with Crippen LogP contribution < -0.4 is 39.3 Å². The maximum absolute atomic E-state index is 13.9. The Bertz CT molecular complexity index is 1180. The highest BCUT2D eigenvalue weighted by molar-refractivity contribution is 5.96. The van der Waals surface area contributed by atoms with Crippen LogP contribution in [-0.4, -0.2) is 54.7 Å². The topological polar surface area (TPSA) is 242 Å². The van der Waals surface area contributed by atoms with E-state index in [4.69, 9.17) is 34.1 Å². The molecule has 0 aliphatic carbocycles. The van der Waals surface area contributed by atoms with Gasteiger partial charge in [-0.2, -0.15) is 0 Å². The standard InChI is InChI=1S/C28H41N9O3/c1-28(20-7-3-2-4-8-20,17-18-11-13-19(14-12-18)23(30)31)26(40)37-22(9-5-15-29)25(39)36-21(24(32)38)10-6-16-35-27(33)34/h2-4,7-8,11-14,21-22H,5-6,9-10,15-17,29H2,1H3,(H3,30,31)(H2,32,38)(H,36,39)(H,37,40)(H4,33,34,35)/t21-,22-,28+/m0/s1. The number of nitrogens with one attached hydrogen (secondary N) is 3. The minimum atomic E-state index is -1.05. The number of benzene rings is 2. The normalized spacial score (nSPS) is 13.8. The van der Waals surface area contributed by atoms with Crippen LogP contribution in [-0.2, 0) is 26.2 Å². The lowest BCUT2D eigenvalue weighted by molar-refractivity contribution is -0.133. The van der Waals surface area contributed by atoms with Gasteiger partial charge >= 0.3 is 0 Å². The van der Waals surface area contributed by atoms with Gasteiger partial charge in [-0.15, -0.1) is 0 Å². The van der Waals surface area contributed by atoms with E-state index >= 15 is 0 Å². The fourth-order valence-electron chi connectivity index (χ4n) is 4.30. The number of rotatable bonds is 16. The van der Waals surface area contributed by atoms with E-state index in [0.29, 0.717) is 31.4 Å². The lowest BCUT2D eigenvalue weighted by Gasteiger charge is -2.32. The Hall–Kier alpha value is -4.45. The fraction of sp³-hybridized carbons (Fsp3) is 0.393.